The SMILES string of the molecule is COc1ccc(C2C(C(=O)OC3CCCCC3)=C(C)NC3=CC(C)(C)CC(=O)C32)cc1. The lowest BCUT2D eigenvalue weighted by Gasteiger charge is -2.41. The van der Waals surface area contributed by atoms with Crippen molar-refractivity contribution in [3.8, 4) is 5.75 Å². The minimum absolute atomic E-state index is 0.0315. The van der Waals surface area contributed by atoms with E-state index in [2.05, 4.69) is 25.2 Å². The number of hydrogen-bond acceptors (Lipinski definition) is 5. The third-order valence-electron chi connectivity index (χ3n) is 6.76. The van der Waals surface area contributed by atoms with Gasteiger partial charge in [-0.2, -0.15) is 0 Å². The Balaban J connectivity index is 1.76. The van der Waals surface area contributed by atoms with Crippen LogP contribution in [-0.4, -0.2) is 25.0 Å². The number of Topliss-reactive ketones (excluding diaryl/α,β-unsaturated/α-hetero) is 1. The third-order valence-corrected chi connectivity index (χ3v) is 6.76. The number of hydrogen-bond donors (Lipinski definition) is 1. The maximum absolute atomic E-state index is 13.4. The van der Waals surface area contributed by atoms with Crippen LogP contribution in [-0.2, 0) is 14.3 Å². The highest BCUT2D eigenvalue weighted by Gasteiger charge is 2.46. The lowest BCUT2D eigenvalue weighted by molar-refractivity contribution is -0.146. The molecule has 0 amide bonds. The van der Waals surface area contributed by atoms with Crippen molar-refractivity contribution in [2.75, 3.05) is 7.11 Å². The number of fused-ring (bicyclic) bond motifs is 1. The fraction of sp³-hybridized carbons (Fsp3) is 0.538. The molecule has 1 aliphatic heterocycles. The normalized spacial score (nSPS) is 25.9. The van der Waals surface area contributed by atoms with Crippen molar-refractivity contribution in [1.29, 1.82) is 0 Å². The molecule has 4 rings (SSSR count). The Labute approximate surface area is 184 Å². The Kier molecular flexibility index (Phi) is 5.96. The maximum atomic E-state index is 13.4. The molecule has 5 nitrogen and oxygen atoms in total. The first kappa shape index (κ1) is 21.7. The number of methoxy groups -OCH3 is 1. The zero-order chi connectivity index (χ0) is 22.2. The van der Waals surface area contributed by atoms with Crippen LogP contribution < -0.4 is 10.1 Å². The van der Waals surface area contributed by atoms with Gasteiger partial charge in [0, 0.05) is 23.7 Å². The predicted molar refractivity (Wildman–Crippen MR) is 120 cm³/mol. The molecule has 0 aromatic heterocycles. The Morgan fingerprint density at radius 2 is 1.74 bits per heavy atom. The van der Waals surface area contributed by atoms with Crippen LogP contribution >= 0.6 is 0 Å². The van der Waals surface area contributed by atoms with Gasteiger partial charge in [-0.25, -0.2) is 4.79 Å². The van der Waals surface area contributed by atoms with Crippen molar-refractivity contribution >= 4 is 11.8 Å². The molecule has 0 spiro atoms. The molecular weight excluding hydrogens is 390 g/mol. The van der Waals surface area contributed by atoms with E-state index in [-0.39, 0.29) is 29.2 Å². The number of esters is 1. The summed E-state index contributed by atoms with van der Waals surface area (Å²) >= 11 is 0. The molecule has 2 atom stereocenters. The van der Waals surface area contributed by atoms with Gasteiger partial charge in [-0.3, -0.25) is 4.79 Å². The Hall–Kier alpha value is -2.56. The first-order chi connectivity index (χ1) is 14.8. The second-order valence-electron chi connectivity index (χ2n) is 9.79. The van der Waals surface area contributed by atoms with E-state index in [4.69, 9.17) is 9.47 Å². The van der Waals surface area contributed by atoms with E-state index in [1.165, 1.54) is 6.42 Å². The van der Waals surface area contributed by atoms with E-state index in [1.54, 1.807) is 7.11 Å². The Morgan fingerprint density at radius 3 is 2.39 bits per heavy atom. The minimum Gasteiger partial charge on any atom is -0.497 e. The quantitative estimate of drug-likeness (QED) is 0.688. The molecule has 1 N–H and O–H groups in total. The van der Waals surface area contributed by atoms with Gasteiger partial charge in [-0.05, 0) is 55.7 Å². The fourth-order valence-corrected chi connectivity index (χ4v) is 5.31. The zero-order valence-corrected chi connectivity index (χ0v) is 19.0. The van der Waals surface area contributed by atoms with Crippen molar-refractivity contribution in [3.05, 3.63) is 52.9 Å². The van der Waals surface area contributed by atoms with Gasteiger partial charge in [0.2, 0.25) is 0 Å². The standard InChI is InChI=1S/C26H33NO4/c1-16-22(25(29)31-19-8-6-5-7-9-19)23(17-10-12-18(30-4)13-11-17)24-20(27-16)14-26(2,3)15-21(24)28/h10-14,19,23-24,27H,5-9,15H2,1-4H3. The predicted octanol–water partition coefficient (Wildman–Crippen LogP) is 5.03. The van der Waals surface area contributed by atoms with Crippen LogP contribution in [0.15, 0.2) is 47.3 Å². The van der Waals surface area contributed by atoms with E-state index in [1.807, 2.05) is 31.2 Å². The van der Waals surface area contributed by atoms with E-state index in [0.717, 1.165) is 48.4 Å². The molecule has 2 aliphatic carbocycles. The Bertz CT molecular complexity index is 919. The monoisotopic (exact) mass is 423 g/mol. The third kappa shape index (κ3) is 4.41. The van der Waals surface area contributed by atoms with Crippen LogP contribution in [0.3, 0.4) is 0 Å². The van der Waals surface area contributed by atoms with Crippen molar-refractivity contribution in [1.82, 2.24) is 5.32 Å². The van der Waals surface area contributed by atoms with Gasteiger partial charge >= 0.3 is 5.97 Å². The van der Waals surface area contributed by atoms with Gasteiger partial charge in [0.15, 0.2) is 0 Å². The van der Waals surface area contributed by atoms with Crippen molar-refractivity contribution in [2.45, 2.75) is 71.3 Å². The highest BCUT2D eigenvalue weighted by atomic mass is 16.5. The maximum Gasteiger partial charge on any atom is 0.336 e. The molecule has 0 radical (unpaired) electrons. The van der Waals surface area contributed by atoms with E-state index >= 15 is 0 Å². The summed E-state index contributed by atoms with van der Waals surface area (Å²) in [6.07, 6.45) is 7.81. The second kappa shape index (κ2) is 8.52. The molecule has 5 heteroatoms. The Morgan fingerprint density at radius 1 is 1.06 bits per heavy atom. The van der Waals surface area contributed by atoms with Gasteiger partial charge in [0.25, 0.3) is 0 Å². The molecule has 3 aliphatic rings. The molecular formula is C26H33NO4. The van der Waals surface area contributed by atoms with Crippen LogP contribution in [0, 0.1) is 11.3 Å². The van der Waals surface area contributed by atoms with Gasteiger partial charge in [-0.1, -0.05) is 38.5 Å². The molecule has 0 bridgehead atoms. The molecule has 2 unspecified atom stereocenters. The number of ketones is 1. The largest absolute Gasteiger partial charge is 0.497 e. The summed E-state index contributed by atoms with van der Waals surface area (Å²) in [5, 5.41) is 3.39. The van der Waals surface area contributed by atoms with Crippen LogP contribution in [0.4, 0.5) is 0 Å². The number of allylic oxidation sites excluding steroid dienone is 3. The van der Waals surface area contributed by atoms with Crippen LogP contribution in [0.1, 0.15) is 70.8 Å². The van der Waals surface area contributed by atoms with Gasteiger partial charge < -0.3 is 14.8 Å². The average Bonchev–Trinajstić information content (AvgIpc) is 2.72. The molecule has 1 heterocycles. The van der Waals surface area contributed by atoms with Crippen molar-refractivity contribution in [2.24, 2.45) is 11.3 Å². The smallest absolute Gasteiger partial charge is 0.336 e. The van der Waals surface area contributed by atoms with Crippen molar-refractivity contribution < 1.29 is 19.1 Å². The summed E-state index contributed by atoms with van der Waals surface area (Å²) in [5.41, 5.74) is 2.97. The van der Waals surface area contributed by atoms with Gasteiger partial charge in [-0.15, -0.1) is 0 Å². The summed E-state index contributed by atoms with van der Waals surface area (Å²) in [4.78, 5) is 26.8. The van der Waals surface area contributed by atoms with Crippen LogP contribution in [0.5, 0.6) is 5.75 Å². The average molecular weight is 424 g/mol. The van der Waals surface area contributed by atoms with Crippen LogP contribution in [0.2, 0.25) is 0 Å². The number of benzene rings is 1. The lowest BCUT2D eigenvalue weighted by Crippen LogP contribution is -2.44. The van der Waals surface area contributed by atoms with Gasteiger partial charge in [0.1, 0.15) is 17.6 Å². The molecule has 1 saturated carbocycles. The highest BCUT2D eigenvalue weighted by molar-refractivity contribution is 5.96. The van der Waals surface area contributed by atoms with E-state index < -0.39 is 5.92 Å². The molecule has 0 saturated heterocycles. The fourth-order valence-electron chi connectivity index (χ4n) is 5.31. The molecule has 166 valence electrons. The first-order valence-corrected chi connectivity index (χ1v) is 11.4. The molecule has 31 heavy (non-hydrogen) atoms. The lowest BCUT2D eigenvalue weighted by atomic mass is 9.66. The summed E-state index contributed by atoms with van der Waals surface area (Å²) < 4.78 is 11.3. The van der Waals surface area contributed by atoms with Gasteiger partial charge in [0.05, 0.1) is 18.6 Å². The second-order valence-corrected chi connectivity index (χ2v) is 9.79. The van der Waals surface area contributed by atoms with Crippen LogP contribution in [0.25, 0.3) is 0 Å². The first-order valence-electron chi connectivity index (χ1n) is 11.4. The number of nitrogens with one attached hydrogen (secondary N) is 1. The minimum atomic E-state index is -0.404. The topological polar surface area (TPSA) is 64.6 Å². The summed E-state index contributed by atoms with van der Waals surface area (Å²) in [6, 6.07) is 7.69. The number of rotatable bonds is 4. The summed E-state index contributed by atoms with van der Waals surface area (Å²) in [7, 11) is 1.63. The zero-order valence-electron chi connectivity index (χ0n) is 19.0. The van der Waals surface area contributed by atoms with E-state index in [9.17, 15) is 9.59 Å². The molecule has 1 fully saturated rings. The number of carbonyl (C=O) groups is 2. The summed E-state index contributed by atoms with van der Waals surface area (Å²) in [6.45, 7) is 6.06. The number of carbonyl (C=O) groups excluding carboxylic acids is 2. The number of ether oxygens (including phenoxy) is 2. The summed E-state index contributed by atoms with van der Waals surface area (Å²) in [5.74, 6) is -0.158. The van der Waals surface area contributed by atoms with E-state index in [0.29, 0.717) is 12.0 Å². The molecule has 1 aromatic rings. The molecule has 1 aromatic carbocycles. The highest BCUT2D eigenvalue weighted by Crippen LogP contribution is 2.47. The van der Waals surface area contributed by atoms with Crippen molar-refractivity contribution in [3.63, 3.8) is 0 Å².